The van der Waals surface area contributed by atoms with Crippen LogP contribution in [-0.2, 0) is 14.8 Å². The molecule has 28 heavy (non-hydrogen) atoms. The minimum absolute atomic E-state index is 0.0485. The fourth-order valence-electron chi connectivity index (χ4n) is 2.76. The molecule has 0 aromatic heterocycles. The number of halogens is 1. The molecule has 0 saturated carbocycles. The van der Waals surface area contributed by atoms with Gasteiger partial charge in [0.05, 0.1) is 6.04 Å². The Bertz CT molecular complexity index is 900. The molecule has 0 heterocycles. The van der Waals surface area contributed by atoms with Gasteiger partial charge in [0.25, 0.3) is 5.91 Å². The van der Waals surface area contributed by atoms with Crippen molar-refractivity contribution in [2.45, 2.75) is 31.7 Å². The van der Waals surface area contributed by atoms with Crippen LogP contribution in [0, 0.1) is 0 Å². The number of hydrogen-bond donors (Lipinski definition) is 1. The molecule has 0 radical (unpaired) electrons. The third-order valence-corrected chi connectivity index (χ3v) is 6.57. The van der Waals surface area contributed by atoms with Crippen LogP contribution in [0.15, 0.2) is 53.4 Å². The Morgan fingerprint density at radius 1 is 1.14 bits per heavy atom. The molecule has 1 atom stereocenters. The lowest BCUT2D eigenvalue weighted by atomic mass is 10.1. The predicted octanol–water partition coefficient (Wildman–Crippen LogP) is 3.63. The summed E-state index contributed by atoms with van der Waals surface area (Å²) in [6, 6.07) is 13.7. The van der Waals surface area contributed by atoms with E-state index in [-0.39, 0.29) is 34.2 Å². The van der Waals surface area contributed by atoms with Gasteiger partial charge in [0.1, 0.15) is 10.6 Å². The first-order valence-corrected chi connectivity index (χ1v) is 10.9. The Balaban J connectivity index is 2.13. The van der Waals surface area contributed by atoms with E-state index in [0.717, 1.165) is 5.56 Å². The summed E-state index contributed by atoms with van der Waals surface area (Å²) in [6.45, 7) is 5.71. The summed E-state index contributed by atoms with van der Waals surface area (Å²) < 4.78 is 32.6. The molecule has 2 rings (SSSR count). The standard InChI is InChI=1S/C20H25ClN2O4S/c1-4-23(5-2)28(25,26)19-13-17(21)11-12-18(19)27-14-20(24)22-15(3)16-9-7-6-8-10-16/h6-13,15H,4-5,14H2,1-3H3,(H,22,24)/t15-/m0/s1. The average Bonchev–Trinajstić information content (AvgIpc) is 2.68. The summed E-state index contributed by atoms with van der Waals surface area (Å²) in [5.74, 6) is -0.253. The van der Waals surface area contributed by atoms with Crippen LogP contribution in [0.4, 0.5) is 0 Å². The zero-order valence-electron chi connectivity index (χ0n) is 16.2. The van der Waals surface area contributed by atoms with E-state index in [2.05, 4.69) is 5.32 Å². The fourth-order valence-corrected chi connectivity index (χ4v) is 4.61. The maximum Gasteiger partial charge on any atom is 0.258 e. The second-order valence-electron chi connectivity index (χ2n) is 6.17. The maximum atomic E-state index is 12.9. The lowest BCUT2D eigenvalue weighted by Crippen LogP contribution is -2.33. The molecule has 0 aliphatic rings. The maximum absolute atomic E-state index is 12.9. The highest BCUT2D eigenvalue weighted by Crippen LogP contribution is 2.29. The van der Waals surface area contributed by atoms with Crippen molar-refractivity contribution in [1.29, 1.82) is 0 Å². The number of rotatable bonds is 9. The number of carbonyl (C=O) groups is 1. The highest BCUT2D eigenvalue weighted by atomic mass is 35.5. The predicted molar refractivity (Wildman–Crippen MR) is 110 cm³/mol. The fraction of sp³-hybridized carbons (Fsp3) is 0.350. The molecule has 0 aliphatic carbocycles. The van der Waals surface area contributed by atoms with Crippen LogP contribution < -0.4 is 10.1 Å². The third kappa shape index (κ3) is 5.47. The number of sulfonamides is 1. The van der Waals surface area contributed by atoms with E-state index in [4.69, 9.17) is 16.3 Å². The Labute approximate surface area is 171 Å². The molecule has 0 aliphatic heterocycles. The summed E-state index contributed by atoms with van der Waals surface area (Å²) in [7, 11) is -3.78. The van der Waals surface area contributed by atoms with E-state index in [1.165, 1.54) is 22.5 Å². The van der Waals surface area contributed by atoms with E-state index in [1.807, 2.05) is 37.3 Å². The average molecular weight is 425 g/mol. The largest absolute Gasteiger partial charge is 0.482 e. The van der Waals surface area contributed by atoms with E-state index >= 15 is 0 Å². The molecule has 152 valence electrons. The Morgan fingerprint density at radius 3 is 2.39 bits per heavy atom. The Morgan fingerprint density at radius 2 is 1.79 bits per heavy atom. The van der Waals surface area contributed by atoms with Gasteiger partial charge in [-0.05, 0) is 30.7 Å². The van der Waals surface area contributed by atoms with Crippen molar-refractivity contribution in [3.8, 4) is 5.75 Å². The number of ether oxygens (including phenoxy) is 1. The summed E-state index contributed by atoms with van der Waals surface area (Å²) in [4.78, 5) is 12.2. The molecule has 0 unspecified atom stereocenters. The van der Waals surface area contributed by atoms with Crippen molar-refractivity contribution < 1.29 is 17.9 Å². The van der Waals surface area contributed by atoms with Crippen molar-refractivity contribution in [2.24, 2.45) is 0 Å². The van der Waals surface area contributed by atoms with Gasteiger partial charge in [-0.3, -0.25) is 4.79 Å². The molecule has 2 aromatic rings. The van der Waals surface area contributed by atoms with Crippen LogP contribution in [0.2, 0.25) is 5.02 Å². The van der Waals surface area contributed by atoms with E-state index in [0.29, 0.717) is 13.1 Å². The summed E-state index contributed by atoms with van der Waals surface area (Å²) in [5.41, 5.74) is 0.965. The van der Waals surface area contributed by atoms with Gasteiger partial charge in [-0.25, -0.2) is 8.42 Å². The summed E-state index contributed by atoms with van der Waals surface area (Å²) in [6.07, 6.45) is 0. The van der Waals surface area contributed by atoms with Crippen LogP contribution in [0.25, 0.3) is 0 Å². The van der Waals surface area contributed by atoms with Gasteiger partial charge < -0.3 is 10.1 Å². The lowest BCUT2D eigenvalue weighted by Gasteiger charge is -2.21. The highest BCUT2D eigenvalue weighted by molar-refractivity contribution is 7.89. The van der Waals surface area contributed by atoms with Crippen molar-refractivity contribution in [2.75, 3.05) is 19.7 Å². The Kier molecular flexibility index (Phi) is 7.86. The molecule has 0 saturated heterocycles. The monoisotopic (exact) mass is 424 g/mol. The van der Waals surface area contributed by atoms with Gasteiger partial charge >= 0.3 is 0 Å². The molecule has 0 bridgehead atoms. The van der Waals surface area contributed by atoms with E-state index < -0.39 is 10.0 Å². The van der Waals surface area contributed by atoms with Gasteiger partial charge in [0.15, 0.2) is 6.61 Å². The number of carbonyl (C=O) groups excluding carboxylic acids is 1. The second-order valence-corrected chi connectivity index (χ2v) is 8.51. The first-order chi connectivity index (χ1) is 13.3. The highest BCUT2D eigenvalue weighted by Gasteiger charge is 2.26. The summed E-state index contributed by atoms with van der Waals surface area (Å²) in [5, 5.41) is 3.11. The van der Waals surface area contributed by atoms with Crippen molar-refractivity contribution >= 4 is 27.5 Å². The van der Waals surface area contributed by atoms with Crippen LogP contribution in [-0.4, -0.2) is 38.3 Å². The van der Waals surface area contributed by atoms with Crippen LogP contribution in [0.5, 0.6) is 5.75 Å². The zero-order valence-corrected chi connectivity index (χ0v) is 17.8. The number of nitrogens with zero attached hydrogens (tertiary/aromatic N) is 1. The molecular weight excluding hydrogens is 400 g/mol. The van der Waals surface area contributed by atoms with Crippen LogP contribution in [0.1, 0.15) is 32.4 Å². The lowest BCUT2D eigenvalue weighted by molar-refractivity contribution is -0.123. The first kappa shape index (κ1) is 22.2. The van der Waals surface area contributed by atoms with E-state index in [9.17, 15) is 13.2 Å². The zero-order chi connectivity index (χ0) is 20.7. The molecule has 1 amide bonds. The summed E-state index contributed by atoms with van der Waals surface area (Å²) >= 11 is 6.00. The molecule has 0 fully saturated rings. The number of amides is 1. The quantitative estimate of drug-likeness (QED) is 0.667. The van der Waals surface area contributed by atoms with Gasteiger partial charge in [0, 0.05) is 18.1 Å². The molecule has 6 nitrogen and oxygen atoms in total. The van der Waals surface area contributed by atoms with Crippen molar-refractivity contribution in [3.05, 3.63) is 59.1 Å². The van der Waals surface area contributed by atoms with Crippen LogP contribution in [0.3, 0.4) is 0 Å². The smallest absolute Gasteiger partial charge is 0.258 e. The molecule has 0 spiro atoms. The topological polar surface area (TPSA) is 75.7 Å². The number of benzene rings is 2. The van der Waals surface area contributed by atoms with Gasteiger partial charge in [-0.2, -0.15) is 4.31 Å². The van der Waals surface area contributed by atoms with Crippen molar-refractivity contribution in [3.63, 3.8) is 0 Å². The van der Waals surface area contributed by atoms with Crippen LogP contribution >= 0.6 is 11.6 Å². The normalized spacial score (nSPS) is 12.6. The molecule has 1 N–H and O–H groups in total. The SMILES string of the molecule is CCN(CC)S(=O)(=O)c1cc(Cl)ccc1OCC(=O)N[C@@H](C)c1ccccc1. The Hall–Kier alpha value is -2.09. The third-order valence-electron chi connectivity index (χ3n) is 4.26. The van der Waals surface area contributed by atoms with Gasteiger partial charge in [-0.15, -0.1) is 0 Å². The number of nitrogens with one attached hydrogen (secondary N) is 1. The van der Waals surface area contributed by atoms with Gasteiger partial charge in [0.2, 0.25) is 10.0 Å². The minimum Gasteiger partial charge on any atom is -0.482 e. The van der Waals surface area contributed by atoms with Gasteiger partial charge in [-0.1, -0.05) is 55.8 Å². The minimum atomic E-state index is -3.78. The number of hydrogen-bond acceptors (Lipinski definition) is 4. The van der Waals surface area contributed by atoms with Crippen molar-refractivity contribution in [1.82, 2.24) is 9.62 Å². The molecule has 2 aromatic carbocycles. The molecular formula is C20H25ClN2O4S. The second kappa shape index (κ2) is 9.91. The first-order valence-electron chi connectivity index (χ1n) is 9.06. The van der Waals surface area contributed by atoms with E-state index in [1.54, 1.807) is 13.8 Å². The molecule has 8 heteroatoms.